The molecule has 0 heterocycles. The predicted molar refractivity (Wildman–Crippen MR) is 67.8 cm³/mol. The molecule has 0 aliphatic carbocycles. The van der Waals surface area contributed by atoms with E-state index in [1.807, 2.05) is 31.2 Å². The average Bonchev–Trinajstić information content (AvgIpc) is 2.38. The molecule has 0 unspecified atom stereocenters. The van der Waals surface area contributed by atoms with E-state index in [2.05, 4.69) is 0 Å². The monoisotopic (exact) mass is 241 g/mol. The molecule has 0 saturated heterocycles. The molecule has 0 aromatic heterocycles. The molecule has 0 radical (unpaired) electrons. The van der Waals surface area contributed by atoms with Gasteiger partial charge in [-0.05, 0) is 25.1 Å². The number of hydrogen-bond donors (Lipinski definition) is 0. The van der Waals surface area contributed by atoms with Crippen LogP contribution >= 0.6 is 0 Å². The van der Waals surface area contributed by atoms with E-state index in [4.69, 9.17) is 10.00 Å². The molecule has 0 spiro atoms. The van der Waals surface area contributed by atoms with Gasteiger partial charge in [0, 0.05) is 11.1 Å². The second-order valence-corrected chi connectivity index (χ2v) is 3.98. The zero-order valence-electron chi connectivity index (χ0n) is 10.2. The third kappa shape index (κ3) is 2.05. The Bertz CT molecular complexity index is 629. The number of methoxy groups -OCH3 is 1. The number of aryl methyl sites for hydroxylation is 1. The Balaban J connectivity index is 2.73. The lowest BCUT2D eigenvalue weighted by Gasteiger charge is -2.11. The van der Waals surface area contributed by atoms with E-state index in [1.54, 1.807) is 19.2 Å². The Kier molecular flexibility index (Phi) is 3.29. The van der Waals surface area contributed by atoms with E-state index >= 15 is 0 Å². The number of benzene rings is 2. The standard InChI is InChI=1S/C15H12FNO/c1-10-6-7-15(18-2)12(8-10)11-4-3-5-14(16)13(11)9-17/h3-8H,1-2H3. The zero-order chi connectivity index (χ0) is 13.1. The molecule has 0 aliphatic heterocycles. The van der Waals surface area contributed by atoms with E-state index in [9.17, 15) is 4.39 Å². The normalized spacial score (nSPS) is 9.89. The Hall–Kier alpha value is -2.34. The highest BCUT2D eigenvalue weighted by Gasteiger charge is 2.13. The SMILES string of the molecule is COc1ccc(C)cc1-c1cccc(F)c1C#N. The molecular weight excluding hydrogens is 229 g/mol. The van der Waals surface area contributed by atoms with Crippen LogP contribution in [0.1, 0.15) is 11.1 Å². The van der Waals surface area contributed by atoms with Gasteiger partial charge in [-0.25, -0.2) is 4.39 Å². The summed E-state index contributed by atoms with van der Waals surface area (Å²) in [6.45, 7) is 1.94. The molecule has 2 rings (SSSR count). The van der Waals surface area contributed by atoms with Crippen molar-refractivity contribution in [3.05, 3.63) is 53.3 Å². The maximum absolute atomic E-state index is 13.6. The maximum Gasteiger partial charge on any atom is 0.141 e. The number of hydrogen-bond acceptors (Lipinski definition) is 2. The molecule has 0 amide bonds. The van der Waals surface area contributed by atoms with Crippen LogP contribution in [0.15, 0.2) is 36.4 Å². The van der Waals surface area contributed by atoms with Crippen molar-refractivity contribution in [3.63, 3.8) is 0 Å². The molecule has 2 nitrogen and oxygen atoms in total. The maximum atomic E-state index is 13.6. The van der Waals surface area contributed by atoms with Crippen LogP contribution in [0.3, 0.4) is 0 Å². The van der Waals surface area contributed by atoms with Crippen molar-refractivity contribution < 1.29 is 9.13 Å². The van der Waals surface area contributed by atoms with Crippen molar-refractivity contribution in [1.29, 1.82) is 5.26 Å². The highest BCUT2D eigenvalue weighted by molar-refractivity contribution is 5.76. The summed E-state index contributed by atoms with van der Waals surface area (Å²) in [5.74, 6) is 0.112. The molecule has 2 aromatic carbocycles. The summed E-state index contributed by atoms with van der Waals surface area (Å²) >= 11 is 0. The first-order chi connectivity index (χ1) is 8.67. The Labute approximate surface area is 105 Å². The molecule has 18 heavy (non-hydrogen) atoms. The van der Waals surface area contributed by atoms with Crippen molar-refractivity contribution in [1.82, 2.24) is 0 Å². The van der Waals surface area contributed by atoms with Gasteiger partial charge < -0.3 is 4.74 Å². The molecule has 2 aromatic rings. The summed E-state index contributed by atoms with van der Waals surface area (Å²) in [5.41, 5.74) is 2.35. The third-order valence-corrected chi connectivity index (χ3v) is 2.77. The Morgan fingerprint density at radius 1 is 1.17 bits per heavy atom. The van der Waals surface area contributed by atoms with Crippen LogP contribution in [0.25, 0.3) is 11.1 Å². The smallest absolute Gasteiger partial charge is 0.141 e. The summed E-state index contributed by atoms with van der Waals surface area (Å²) in [5, 5.41) is 9.06. The van der Waals surface area contributed by atoms with Crippen molar-refractivity contribution in [3.8, 4) is 22.9 Å². The molecule has 0 aliphatic rings. The van der Waals surface area contributed by atoms with Crippen LogP contribution in [0.4, 0.5) is 4.39 Å². The summed E-state index contributed by atoms with van der Waals surface area (Å²) in [6, 6.07) is 12.1. The largest absolute Gasteiger partial charge is 0.496 e. The molecule has 0 fully saturated rings. The van der Waals surface area contributed by atoms with Crippen LogP contribution in [-0.2, 0) is 0 Å². The summed E-state index contributed by atoms with van der Waals surface area (Å²) in [6.07, 6.45) is 0. The Morgan fingerprint density at radius 2 is 1.94 bits per heavy atom. The molecular formula is C15H12FNO. The van der Waals surface area contributed by atoms with Crippen molar-refractivity contribution in [2.45, 2.75) is 6.92 Å². The summed E-state index contributed by atoms with van der Waals surface area (Å²) in [7, 11) is 1.56. The fourth-order valence-electron chi connectivity index (χ4n) is 1.89. The van der Waals surface area contributed by atoms with Crippen LogP contribution in [-0.4, -0.2) is 7.11 Å². The first-order valence-corrected chi connectivity index (χ1v) is 5.51. The minimum absolute atomic E-state index is 0.0430. The minimum atomic E-state index is -0.515. The lowest BCUT2D eigenvalue weighted by atomic mass is 9.97. The Morgan fingerprint density at radius 3 is 2.61 bits per heavy atom. The number of ether oxygens (including phenoxy) is 1. The molecule has 0 bridgehead atoms. The molecule has 0 N–H and O–H groups in total. The fourth-order valence-corrected chi connectivity index (χ4v) is 1.89. The van der Waals surface area contributed by atoms with Gasteiger partial charge in [-0.2, -0.15) is 5.26 Å². The quantitative estimate of drug-likeness (QED) is 0.803. The van der Waals surface area contributed by atoms with Gasteiger partial charge >= 0.3 is 0 Å². The van der Waals surface area contributed by atoms with Gasteiger partial charge in [-0.3, -0.25) is 0 Å². The van der Waals surface area contributed by atoms with Crippen LogP contribution in [0.2, 0.25) is 0 Å². The molecule has 3 heteroatoms. The molecule has 0 atom stereocenters. The van der Waals surface area contributed by atoms with Crippen molar-refractivity contribution >= 4 is 0 Å². The summed E-state index contributed by atoms with van der Waals surface area (Å²) < 4.78 is 18.9. The third-order valence-electron chi connectivity index (χ3n) is 2.77. The van der Waals surface area contributed by atoms with Crippen molar-refractivity contribution in [2.75, 3.05) is 7.11 Å². The van der Waals surface area contributed by atoms with E-state index in [-0.39, 0.29) is 5.56 Å². The van der Waals surface area contributed by atoms with Crippen LogP contribution < -0.4 is 4.74 Å². The van der Waals surface area contributed by atoms with E-state index in [0.717, 1.165) is 11.1 Å². The van der Waals surface area contributed by atoms with Gasteiger partial charge in [0.05, 0.1) is 12.7 Å². The van der Waals surface area contributed by atoms with E-state index in [0.29, 0.717) is 11.3 Å². The topological polar surface area (TPSA) is 33.0 Å². The van der Waals surface area contributed by atoms with Crippen LogP contribution in [0, 0.1) is 24.1 Å². The number of rotatable bonds is 2. The minimum Gasteiger partial charge on any atom is -0.496 e. The number of nitriles is 1. The van der Waals surface area contributed by atoms with Gasteiger partial charge in [-0.1, -0.05) is 23.8 Å². The van der Waals surface area contributed by atoms with Gasteiger partial charge in [0.1, 0.15) is 17.6 Å². The van der Waals surface area contributed by atoms with E-state index < -0.39 is 5.82 Å². The van der Waals surface area contributed by atoms with Crippen molar-refractivity contribution in [2.24, 2.45) is 0 Å². The second kappa shape index (κ2) is 4.89. The summed E-state index contributed by atoms with van der Waals surface area (Å²) in [4.78, 5) is 0. The second-order valence-electron chi connectivity index (χ2n) is 3.98. The highest BCUT2D eigenvalue weighted by atomic mass is 19.1. The fraction of sp³-hybridized carbons (Fsp3) is 0.133. The highest BCUT2D eigenvalue weighted by Crippen LogP contribution is 2.33. The van der Waals surface area contributed by atoms with Gasteiger partial charge in [0.25, 0.3) is 0 Å². The van der Waals surface area contributed by atoms with Crippen LogP contribution in [0.5, 0.6) is 5.75 Å². The first kappa shape index (κ1) is 12.1. The zero-order valence-corrected chi connectivity index (χ0v) is 10.2. The predicted octanol–water partition coefficient (Wildman–Crippen LogP) is 3.68. The van der Waals surface area contributed by atoms with E-state index in [1.165, 1.54) is 6.07 Å². The van der Waals surface area contributed by atoms with Gasteiger partial charge in [0.2, 0.25) is 0 Å². The first-order valence-electron chi connectivity index (χ1n) is 5.51. The molecule has 0 saturated carbocycles. The number of halogens is 1. The van der Waals surface area contributed by atoms with Gasteiger partial charge in [0.15, 0.2) is 0 Å². The molecule has 90 valence electrons. The number of nitrogens with zero attached hydrogens (tertiary/aromatic N) is 1. The van der Waals surface area contributed by atoms with Gasteiger partial charge in [-0.15, -0.1) is 0 Å². The lowest BCUT2D eigenvalue weighted by Crippen LogP contribution is -1.93. The lowest BCUT2D eigenvalue weighted by molar-refractivity contribution is 0.416. The average molecular weight is 241 g/mol.